The maximum atomic E-state index is 11.7. The number of rotatable bonds is 4. The second-order valence-electron chi connectivity index (χ2n) is 4.20. The molecular formula is C13H20N2O. The van der Waals surface area contributed by atoms with Crippen molar-refractivity contribution in [1.29, 1.82) is 0 Å². The first-order valence-corrected chi connectivity index (χ1v) is 5.61. The molecule has 16 heavy (non-hydrogen) atoms. The molecule has 1 aromatic rings. The van der Waals surface area contributed by atoms with E-state index < -0.39 is 6.04 Å². The molecule has 1 rings (SSSR count). The van der Waals surface area contributed by atoms with E-state index in [1.165, 1.54) is 10.5 Å². The van der Waals surface area contributed by atoms with E-state index in [4.69, 9.17) is 5.73 Å². The zero-order valence-electron chi connectivity index (χ0n) is 10.2. The van der Waals surface area contributed by atoms with Crippen molar-refractivity contribution >= 4 is 5.91 Å². The van der Waals surface area contributed by atoms with Gasteiger partial charge in [-0.3, -0.25) is 4.79 Å². The van der Waals surface area contributed by atoms with Crippen molar-refractivity contribution in [2.75, 3.05) is 14.1 Å². The van der Waals surface area contributed by atoms with Crippen molar-refractivity contribution in [1.82, 2.24) is 4.90 Å². The number of nitrogens with zero attached hydrogens (tertiary/aromatic N) is 1. The Morgan fingerprint density at radius 2 is 1.88 bits per heavy atom. The molecule has 0 aliphatic rings. The van der Waals surface area contributed by atoms with Gasteiger partial charge in [0, 0.05) is 14.1 Å². The van der Waals surface area contributed by atoms with Crippen molar-refractivity contribution in [2.45, 2.75) is 25.8 Å². The molecule has 0 aliphatic carbocycles. The lowest BCUT2D eigenvalue weighted by Gasteiger charge is -2.17. The van der Waals surface area contributed by atoms with E-state index in [0.29, 0.717) is 0 Å². The number of aryl methyl sites for hydroxylation is 1. The number of amides is 1. The third kappa shape index (κ3) is 3.07. The van der Waals surface area contributed by atoms with Gasteiger partial charge in [-0.05, 0) is 17.5 Å². The normalized spacial score (nSPS) is 12.2. The molecule has 0 spiro atoms. The van der Waals surface area contributed by atoms with Gasteiger partial charge >= 0.3 is 0 Å². The van der Waals surface area contributed by atoms with Crippen LogP contribution >= 0.6 is 0 Å². The fourth-order valence-electron chi connectivity index (χ4n) is 1.60. The minimum absolute atomic E-state index is 0.0664. The zero-order chi connectivity index (χ0) is 12.1. The van der Waals surface area contributed by atoms with Gasteiger partial charge in [0.25, 0.3) is 0 Å². The Morgan fingerprint density at radius 1 is 1.31 bits per heavy atom. The number of carbonyl (C=O) groups is 1. The summed E-state index contributed by atoms with van der Waals surface area (Å²) >= 11 is 0. The predicted octanol–water partition coefficient (Wildman–Crippen LogP) is 1.73. The van der Waals surface area contributed by atoms with Crippen LogP contribution in [0.25, 0.3) is 0 Å². The van der Waals surface area contributed by atoms with Gasteiger partial charge in [0.2, 0.25) is 5.91 Å². The molecule has 0 bridgehead atoms. The summed E-state index contributed by atoms with van der Waals surface area (Å²) in [5, 5.41) is 0. The first-order chi connectivity index (χ1) is 7.56. The summed E-state index contributed by atoms with van der Waals surface area (Å²) in [6.07, 6.45) is 2.19. The molecule has 1 atom stereocenters. The van der Waals surface area contributed by atoms with Crippen LogP contribution in [0, 0.1) is 0 Å². The molecule has 0 aromatic heterocycles. The second-order valence-corrected chi connectivity index (χ2v) is 4.20. The predicted molar refractivity (Wildman–Crippen MR) is 66.1 cm³/mol. The Bertz CT molecular complexity index is 343. The molecule has 1 amide bonds. The van der Waals surface area contributed by atoms with Crippen LogP contribution < -0.4 is 5.73 Å². The van der Waals surface area contributed by atoms with Gasteiger partial charge in [-0.25, -0.2) is 0 Å². The van der Waals surface area contributed by atoms with Gasteiger partial charge < -0.3 is 10.6 Å². The van der Waals surface area contributed by atoms with Gasteiger partial charge in [0.15, 0.2) is 0 Å². The summed E-state index contributed by atoms with van der Waals surface area (Å²) in [6, 6.07) is 7.42. The Labute approximate surface area is 97.2 Å². The summed E-state index contributed by atoms with van der Waals surface area (Å²) in [5.74, 6) is -0.0664. The van der Waals surface area contributed by atoms with Gasteiger partial charge in [-0.2, -0.15) is 0 Å². The van der Waals surface area contributed by atoms with Gasteiger partial charge in [-0.15, -0.1) is 0 Å². The molecule has 1 aromatic carbocycles. The van der Waals surface area contributed by atoms with E-state index >= 15 is 0 Å². The molecule has 0 aliphatic heterocycles. The van der Waals surface area contributed by atoms with Crippen LogP contribution in [0.4, 0.5) is 0 Å². The van der Waals surface area contributed by atoms with Crippen molar-refractivity contribution < 1.29 is 4.79 Å². The van der Waals surface area contributed by atoms with E-state index in [1.54, 1.807) is 14.1 Å². The SMILES string of the molecule is CCCc1ccc(C(N)C(=O)N(C)C)cc1. The van der Waals surface area contributed by atoms with E-state index in [9.17, 15) is 4.79 Å². The molecular weight excluding hydrogens is 200 g/mol. The molecule has 88 valence electrons. The lowest BCUT2D eigenvalue weighted by molar-refractivity contribution is -0.130. The standard InChI is InChI=1S/C13H20N2O/c1-4-5-10-6-8-11(9-7-10)12(14)13(16)15(2)3/h6-9,12H,4-5,14H2,1-3H3. The Morgan fingerprint density at radius 3 is 2.31 bits per heavy atom. The average molecular weight is 220 g/mol. The molecule has 0 saturated heterocycles. The van der Waals surface area contributed by atoms with E-state index in [1.807, 2.05) is 24.3 Å². The van der Waals surface area contributed by atoms with Gasteiger partial charge in [-0.1, -0.05) is 37.6 Å². The molecule has 0 fully saturated rings. The molecule has 0 radical (unpaired) electrons. The van der Waals surface area contributed by atoms with Crippen LogP contribution in [-0.4, -0.2) is 24.9 Å². The molecule has 2 N–H and O–H groups in total. The van der Waals surface area contributed by atoms with Gasteiger partial charge in [0.1, 0.15) is 6.04 Å². The molecule has 0 heterocycles. The highest BCUT2D eigenvalue weighted by atomic mass is 16.2. The molecule has 0 saturated carbocycles. The van der Waals surface area contributed by atoms with Crippen LogP contribution in [0.1, 0.15) is 30.5 Å². The average Bonchev–Trinajstić information content (AvgIpc) is 2.28. The largest absolute Gasteiger partial charge is 0.347 e. The topological polar surface area (TPSA) is 46.3 Å². The zero-order valence-corrected chi connectivity index (χ0v) is 10.2. The summed E-state index contributed by atoms with van der Waals surface area (Å²) in [7, 11) is 3.43. The summed E-state index contributed by atoms with van der Waals surface area (Å²) in [4.78, 5) is 13.2. The Balaban J connectivity index is 2.77. The third-order valence-electron chi connectivity index (χ3n) is 2.58. The smallest absolute Gasteiger partial charge is 0.243 e. The number of nitrogens with two attached hydrogens (primary N) is 1. The van der Waals surface area contributed by atoms with Gasteiger partial charge in [0.05, 0.1) is 0 Å². The van der Waals surface area contributed by atoms with E-state index in [-0.39, 0.29) is 5.91 Å². The number of hydrogen-bond donors (Lipinski definition) is 1. The van der Waals surface area contributed by atoms with Crippen LogP contribution in [-0.2, 0) is 11.2 Å². The quantitative estimate of drug-likeness (QED) is 0.840. The fraction of sp³-hybridized carbons (Fsp3) is 0.462. The Kier molecular flexibility index (Phi) is 4.50. The van der Waals surface area contributed by atoms with Crippen molar-refractivity contribution in [3.8, 4) is 0 Å². The lowest BCUT2D eigenvalue weighted by Crippen LogP contribution is -2.33. The number of benzene rings is 1. The van der Waals surface area contributed by atoms with Crippen molar-refractivity contribution in [3.63, 3.8) is 0 Å². The maximum absolute atomic E-state index is 11.7. The van der Waals surface area contributed by atoms with Crippen LogP contribution in [0.5, 0.6) is 0 Å². The highest BCUT2D eigenvalue weighted by Gasteiger charge is 2.16. The molecule has 3 nitrogen and oxygen atoms in total. The highest BCUT2D eigenvalue weighted by molar-refractivity contribution is 5.82. The summed E-state index contributed by atoms with van der Waals surface area (Å²) in [5.41, 5.74) is 8.03. The molecule has 1 unspecified atom stereocenters. The second kappa shape index (κ2) is 5.66. The highest BCUT2D eigenvalue weighted by Crippen LogP contribution is 2.14. The monoisotopic (exact) mass is 220 g/mol. The van der Waals surface area contributed by atoms with Crippen LogP contribution in [0.15, 0.2) is 24.3 Å². The Hall–Kier alpha value is -1.35. The number of likely N-dealkylation sites (N-methyl/N-ethyl adjacent to an activating group) is 1. The summed E-state index contributed by atoms with van der Waals surface area (Å²) in [6.45, 7) is 2.15. The van der Waals surface area contributed by atoms with Crippen molar-refractivity contribution in [2.24, 2.45) is 5.73 Å². The van der Waals surface area contributed by atoms with Crippen molar-refractivity contribution in [3.05, 3.63) is 35.4 Å². The third-order valence-corrected chi connectivity index (χ3v) is 2.58. The first-order valence-electron chi connectivity index (χ1n) is 5.61. The fourth-order valence-corrected chi connectivity index (χ4v) is 1.60. The lowest BCUT2D eigenvalue weighted by atomic mass is 10.0. The number of hydrogen-bond acceptors (Lipinski definition) is 2. The maximum Gasteiger partial charge on any atom is 0.243 e. The van der Waals surface area contributed by atoms with Crippen LogP contribution in [0.2, 0.25) is 0 Å². The van der Waals surface area contributed by atoms with E-state index in [2.05, 4.69) is 6.92 Å². The van der Waals surface area contributed by atoms with Crippen LogP contribution in [0.3, 0.4) is 0 Å². The summed E-state index contributed by atoms with van der Waals surface area (Å²) < 4.78 is 0. The van der Waals surface area contributed by atoms with E-state index in [0.717, 1.165) is 18.4 Å². The first kappa shape index (κ1) is 12.7. The minimum Gasteiger partial charge on any atom is -0.347 e. The number of carbonyl (C=O) groups excluding carboxylic acids is 1. The molecule has 3 heteroatoms. The minimum atomic E-state index is -0.550.